The molecule has 1 aromatic carbocycles. The summed E-state index contributed by atoms with van der Waals surface area (Å²) in [5.74, 6) is 0.891. The summed E-state index contributed by atoms with van der Waals surface area (Å²) >= 11 is 0. The van der Waals surface area contributed by atoms with E-state index < -0.39 is 0 Å². The van der Waals surface area contributed by atoms with E-state index in [1.165, 1.54) is 0 Å². The Morgan fingerprint density at radius 1 is 1.44 bits per heavy atom. The third kappa shape index (κ3) is 2.44. The van der Waals surface area contributed by atoms with Gasteiger partial charge in [0.25, 0.3) is 0 Å². The Kier molecular flexibility index (Phi) is 4.09. The minimum Gasteiger partial charge on any atom is -0.495 e. The van der Waals surface area contributed by atoms with Crippen molar-refractivity contribution < 1.29 is 9.84 Å². The van der Waals surface area contributed by atoms with Crippen molar-refractivity contribution in [3.63, 3.8) is 0 Å². The summed E-state index contributed by atoms with van der Waals surface area (Å²) in [4.78, 5) is 2.29. The van der Waals surface area contributed by atoms with Crippen molar-refractivity contribution in [1.29, 1.82) is 0 Å². The maximum absolute atomic E-state index is 9.61. The Hall–Kier alpha value is -1.26. The number of nitrogens with zero attached hydrogens (tertiary/aromatic N) is 1. The average Bonchev–Trinajstić information content (AvgIpc) is 2.47. The first kappa shape index (κ1) is 13.2. The molecule has 1 aliphatic heterocycles. The monoisotopic (exact) mass is 250 g/mol. The van der Waals surface area contributed by atoms with Gasteiger partial charge in [-0.05, 0) is 32.0 Å². The van der Waals surface area contributed by atoms with Gasteiger partial charge in [-0.25, -0.2) is 0 Å². The molecule has 0 aromatic heterocycles. The van der Waals surface area contributed by atoms with Crippen molar-refractivity contribution in [3.05, 3.63) is 24.3 Å². The Balaban J connectivity index is 2.23. The summed E-state index contributed by atoms with van der Waals surface area (Å²) in [7, 11) is 3.61. The van der Waals surface area contributed by atoms with E-state index in [9.17, 15) is 5.11 Å². The van der Waals surface area contributed by atoms with Crippen LogP contribution >= 0.6 is 0 Å². The van der Waals surface area contributed by atoms with E-state index in [4.69, 9.17) is 4.74 Å². The summed E-state index contributed by atoms with van der Waals surface area (Å²) in [5.41, 5.74) is 0.909. The van der Waals surface area contributed by atoms with Crippen LogP contribution in [-0.2, 0) is 0 Å². The molecule has 0 amide bonds. The maximum Gasteiger partial charge on any atom is 0.142 e. The highest BCUT2D eigenvalue weighted by molar-refractivity contribution is 5.59. The van der Waals surface area contributed by atoms with Crippen LogP contribution in [-0.4, -0.2) is 44.5 Å². The van der Waals surface area contributed by atoms with Crippen molar-refractivity contribution in [3.8, 4) is 5.75 Å². The Labute approximate surface area is 109 Å². The zero-order valence-corrected chi connectivity index (χ0v) is 11.1. The molecule has 2 N–H and O–H groups in total. The molecular weight excluding hydrogens is 228 g/mol. The highest BCUT2D eigenvalue weighted by atomic mass is 16.5. The number of ether oxygens (including phenoxy) is 1. The number of anilines is 1. The van der Waals surface area contributed by atoms with Crippen molar-refractivity contribution in [1.82, 2.24) is 5.32 Å². The Bertz CT molecular complexity index is 391. The van der Waals surface area contributed by atoms with Gasteiger partial charge in [0.1, 0.15) is 5.75 Å². The fourth-order valence-electron chi connectivity index (χ4n) is 2.64. The van der Waals surface area contributed by atoms with Crippen molar-refractivity contribution >= 4 is 5.69 Å². The van der Waals surface area contributed by atoms with Crippen molar-refractivity contribution in [2.24, 2.45) is 0 Å². The van der Waals surface area contributed by atoms with Crippen molar-refractivity contribution in [2.75, 3.05) is 38.8 Å². The van der Waals surface area contributed by atoms with Gasteiger partial charge in [0.15, 0.2) is 0 Å². The second-order valence-corrected chi connectivity index (χ2v) is 4.89. The molecule has 1 unspecified atom stereocenters. The molecule has 0 radical (unpaired) electrons. The molecule has 0 bridgehead atoms. The van der Waals surface area contributed by atoms with E-state index in [-0.39, 0.29) is 12.1 Å². The summed E-state index contributed by atoms with van der Waals surface area (Å²) in [6, 6.07) is 8.04. The second kappa shape index (κ2) is 5.59. The van der Waals surface area contributed by atoms with Crippen LogP contribution in [0.4, 0.5) is 5.69 Å². The Morgan fingerprint density at radius 3 is 2.89 bits per heavy atom. The van der Waals surface area contributed by atoms with E-state index in [1.54, 1.807) is 7.11 Å². The number of likely N-dealkylation sites (N-methyl/N-ethyl adjacent to an activating group) is 1. The van der Waals surface area contributed by atoms with Crippen LogP contribution in [0.1, 0.15) is 12.8 Å². The lowest BCUT2D eigenvalue weighted by atomic mass is 9.89. The number of para-hydroxylation sites is 2. The number of nitrogens with one attached hydrogen (secondary N) is 1. The van der Waals surface area contributed by atoms with Gasteiger partial charge in [0.2, 0.25) is 0 Å². The number of piperidine rings is 1. The molecule has 2 rings (SSSR count). The molecule has 1 aliphatic rings. The number of hydrogen-bond donors (Lipinski definition) is 2. The van der Waals surface area contributed by atoms with E-state index in [2.05, 4.69) is 16.3 Å². The normalized spacial score (nSPS) is 24.1. The molecule has 1 aromatic rings. The first-order chi connectivity index (χ1) is 8.74. The smallest absolute Gasteiger partial charge is 0.142 e. The van der Waals surface area contributed by atoms with Gasteiger partial charge >= 0.3 is 0 Å². The second-order valence-electron chi connectivity index (χ2n) is 4.89. The minimum absolute atomic E-state index is 0.162. The molecule has 0 spiro atoms. The van der Waals surface area contributed by atoms with Gasteiger partial charge in [-0.15, -0.1) is 0 Å². The van der Waals surface area contributed by atoms with Gasteiger partial charge < -0.3 is 20.1 Å². The van der Waals surface area contributed by atoms with Crippen LogP contribution < -0.4 is 15.0 Å². The fraction of sp³-hybridized carbons (Fsp3) is 0.571. The van der Waals surface area contributed by atoms with Gasteiger partial charge in [0, 0.05) is 13.1 Å². The highest BCUT2D eigenvalue weighted by Crippen LogP contribution is 2.32. The SMILES string of the molecule is CNC1(CO)CCCN(c2ccccc2OC)C1. The molecular formula is C14H22N2O2. The summed E-state index contributed by atoms with van der Waals surface area (Å²) in [6.45, 7) is 1.97. The molecule has 1 atom stereocenters. The molecule has 100 valence electrons. The van der Waals surface area contributed by atoms with Crippen LogP contribution in [0, 0.1) is 0 Å². The topological polar surface area (TPSA) is 44.7 Å². The largest absolute Gasteiger partial charge is 0.495 e. The summed E-state index contributed by atoms with van der Waals surface area (Å²) in [6.07, 6.45) is 2.07. The molecule has 4 heteroatoms. The van der Waals surface area contributed by atoms with Crippen LogP contribution in [0.3, 0.4) is 0 Å². The van der Waals surface area contributed by atoms with Crippen LogP contribution in [0.2, 0.25) is 0 Å². The number of rotatable bonds is 4. The zero-order valence-electron chi connectivity index (χ0n) is 11.1. The van der Waals surface area contributed by atoms with E-state index in [0.29, 0.717) is 0 Å². The molecule has 18 heavy (non-hydrogen) atoms. The fourth-order valence-corrected chi connectivity index (χ4v) is 2.64. The number of benzene rings is 1. The third-order valence-corrected chi connectivity index (χ3v) is 3.84. The minimum atomic E-state index is -0.195. The Morgan fingerprint density at radius 2 is 2.22 bits per heavy atom. The summed E-state index contributed by atoms with van der Waals surface area (Å²) in [5, 5.41) is 12.9. The lowest BCUT2D eigenvalue weighted by Crippen LogP contribution is -2.58. The first-order valence-corrected chi connectivity index (χ1v) is 6.42. The van der Waals surface area contributed by atoms with E-state index in [1.807, 2.05) is 25.2 Å². The molecule has 0 saturated carbocycles. The van der Waals surface area contributed by atoms with Gasteiger partial charge in [-0.1, -0.05) is 12.1 Å². The van der Waals surface area contributed by atoms with Crippen LogP contribution in [0.5, 0.6) is 5.75 Å². The third-order valence-electron chi connectivity index (χ3n) is 3.84. The number of aliphatic hydroxyl groups excluding tert-OH is 1. The number of hydrogen-bond acceptors (Lipinski definition) is 4. The highest BCUT2D eigenvalue weighted by Gasteiger charge is 2.34. The van der Waals surface area contributed by atoms with E-state index >= 15 is 0 Å². The van der Waals surface area contributed by atoms with Gasteiger partial charge in [-0.3, -0.25) is 0 Å². The lowest BCUT2D eigenvalue weighted by Gasteiger charge is -2.43. The number of methoxy groups -OCH3 is 1. The van der Waals surface area contributed by atoms with Gasteiger partial charge in [0.05, 0.1) is 24.9 Å². The molecule has 1 saturated heterocycles. The standard InChI is InChI=1S/C14H22N2O2/c1-15-14(11-17)8-5-9-16(10-14)12-6-3-4-7-13(12)18-2/h3-4,6-7,15,17H,5,8-11H2,1-2H3. The number of aliphatic hydroxyl groups is 1. The van der Waals surface area contributed by atoms with Crippen molar-refractivity contribution in [2.45, 2.75) is 18.4 Å². The molecule has 4 nitrogen and oxygen atoms in total. The lowest BCUT2D eigenvalue weighted by molar-refractivity contribution is 0.149. The predicted octanol–water partition coefficient (Wildman–Crippen LogP) is 1.25. The van der Waals surface area contributed by atoms with Crippen LogP contribution in [0.25, 0.3) is 0 Å². The average molecular weight is 250 g/mol. The van der Waals surface area contributed by atoms with Gasteiger partial charge in [-0.2, -0.15) is 0 Å². The zero-order chi connectivity index (χ0) is 13.0. The molecule has 1 fully saturated rings. The molecule has 1 heterocycles. The maximum atomic E-state index is 9.61. The molecule has 0 aliphatic carbocycles. The van der Waals surface area contributed by atoms with Crippen LogP contribution in [0.15, 0.2) is 24.3 Å². The first-order valence-electron chi connectivity index (χ1n) is 6.42. The quantitative estimate of drug-likeness (QED) is 0.844. The summed E-state index contributed by atoms with van der Waals surface area (Å²) < 4.78 is 5.41. The van der Waals surface area contributed by atoms with E-state index in [0.717, 1.165) is 37.4 Å². The predicted molar refractivity (Wildman–Crippen MR) is 73.3 cm³/mol.